The number of amidine groups is 1. The molecule has 0 aliphatic rings. The minimum atomic E-state index is -3.60. The van der Waals surface area contributed by atoms with E-state index in [0.29, 0.717) is 5.56 Å². The maximum absolute atomic E-state index is 14.7. The van der Waals surface area contributed by atoms with E-state index < -0.39 is 21.8 Å². The maximum atomic E-state index is 14.7. The highest BCUT2D eigenvalue weighted by atomic mass is 32.2. The Morgan fingerprint density at radius 1 is 1.28 bits per heavy atom. The number of nitrogens with zero attached hydrogens (tertiary/aromatic N) is 2. The number of aromatic nitrogens is 2. The standard InChI is InChI=1S/C16H19FN6O4S.CH4/c17-15-10(9-27-14(24)6-13(18)19)2-1-3-12(15)11-7-22-16(23-8-11)21-4-5-28(20,25)26;/h1-3,7-8H,4-6,9H2,(H3,18,19)(H2,20,25,26)(H,21,22,23);1H4. The Balaban J connectivity index is 0.00000420. The van der Waals surface area contributed by atoms with Crippen molar-refractivity contribution in [1.29, 1.82) is 5.41 Å². The first kappa shape index (κ1) is 23.9. The monoisotopic (exact) mass is 426 g/mol. The second-order valence-electron chi connectivity index (χ2n) is 5.73. The lowest BCUT2D eigenvalue weighted by Crippen LogP contribution is -2.22. The van der Waals surface area contributed by atoms with E-state index >= 15 is 0 Å². The van der Waals surface area contributed by atoms with Crippen molar-refractivity contribution in [2.45, 2.75) is 20.5 Å². The molecule has 0 fully saturated rings. The Morgan fingerprint density at radius 3 is 2.52 bits per heavy atom. The molecule has 2 rings (SSSR count). The van der Waals surface area contributed by atoms with Crippen LogP contribution in [0.15, 0.2) is 30.6 Å². The molecule has 0 saturated heterocycles. The summed E-state index contributed by atoms with van der Waals surface area (Å²) >= 11 is 0. The van der Waals surface area contributed by atoms with Gasteiger partial charge in [-0.25, -0.2) is 27.9 Å². The van der Waals surface area contributed by atoms with E-state index in [9.17, 15) is 17.6 Å². The third-order valence-electron chi connectivity index (χ3n) is 3.43. The Bertz CT molecular complexity index is 966. The average Bonchev–Trinajstić information content (AvgIpc) is 2.60. The topological polar surface area (TPSA) is 174 Å². The number of halogens is 1. The summed E-state index contributed by atoms with van der Waals surface area (Å²) in [4.78, 5) is 19.5. The van der Waals surface area contributed by atoms with Gasteiger partial charge in [0, 0.05) is 35.6 Å². The highest BCUT2D eigenvalue weighted by Gasteiger charge is 2.13. The van der Waals surface area contributed by atoms with Crippen LogP contribution in [-0.2, 0) is 26.2 Å². The van der Waals surface area contributed by atoms with Gasteiger partial charge in [0.15, 0.2) is 0 Å². The predicted octanol–water partition coefficient (Wildman–Crippen LogP) is 0.988. The summed E-state index contributed by atoms with van der Waals surface area (Å²) in [6.07, 6.45) is 2.38. The molecule has 0 radical (unpaired) electrons. The number of rotatable bonds is 9. The maximum Gasteiger partial charge on any atom is 0.313 e. The normalized spacial score (nSPS) is 10.7. The second-order valence-corrected chi connectivity index (χ2v) is 7.46. The first-order valence-electron chi connectivity index (χ1n) is 7.98. The summed E-state index contributed by atoms with van der Waals surface area (Å²) in [5.74, 6) is -1.78. The first-order chi connectivity index (χ1) is 13.2. The van der Waals surface area contributed by atoms with Gasteiger partial charge in [0.2, 0.25) is 16.0 Å². The van der Waals surface area contributed by atoms with Gasteiger partial charge in [0.1, 0.15) is 24.7 Å². The number of esters is 1. The molecule has 0 amide bonds. The molecule has 12 heteroatoms. The number of nitrogens with one attached hydrogen (secondary N) is 2. The number of hydrogen-bond acceptors (Lipinski definition) is 8. The van der Waals surface area contributed by atoms with Crippen molar-refractivity contribution in [2.24, 2.45) is 10.9 Å². The van der Waals surface area contributed by atoms with Gasteiger partial charge in [-0.15, -0.1) is 0 Å². The van der Waals surface area contributed by atoms with Crippen molar-refractivity contribution >= 4 is 27.8 Å². The number of carbonyl (C=O) groups is 1. The van der Waals surface area contributed by atoms with Crippen LogP contribution in [-0.4, -0.2) is 42.5 Å². The van der Waals surface area contributed by atoms with Crippen LogP contribution in [0.2, 0.25) is 0 Å². The van der Waals surface area contributed by atoms with Gasteiger partial charge < -0.3 is 15.8 Å². The van der Waals surface area contributed by atoms with Crippen molar-refractivity contribution in [3.63, 3.8) is 0 Å². The summed E-state index contributed by atoms with van der Waals surface area (Å²) in [6, 6.07) is 4.57. The molecule has 0 saturated carbocycles. The number of anilines is 1. The average molecular weight is 426 g/mol. The van der Waals surface area contributed by atoms with E-state index in [1.807, 2.05) is 0 Å². The van der Waals surface area contributed by atoms with E-state index in [0.717, 1.165) is 0 Å². The third-order valence-corrected chi connectivity index (χ3v) is 4.21. The molecular weight excluding hydrogens is 403 g/mol. The quantitative estimate of drug-likeness (QED) is 0.261. The smallest absolute Gasteiger partial charge is 0.313 e. The molecule has 0 bridgehead atoms. The van der Waals surface area contributed by atoms with E-state index in [-0.39, 0.29) is 55.7 Å². The molecule has 1 aromatic heterocycles. The van der Waals surface area contributed by atoms with Crippen molar-refractivity contribution in [3.8, 4) is 11.1 Å². The lowest BCUT2D eigenvalue weighted by molar-refractivity contribution is -0.143. The van der Waals surface area contributed by atoms with E-state index in [4.69, 9.17) is 21.0 Å². The minimum absolute atomic E-state index is 0. The summed E-state index contributed by atoms with van der Waals surface area (Å²) in [5, 5.41) is 14.6. The zero-order valence-electron chi connectivity index (χ0n) is 14.7. The summed E-state index contributed by atoms with van der Waals surface area (Å²) < 4.78 is 41.4. The Kier molecular flexibility index (Phi) is 8.60. The number of ether oxygens (including phenoxy) is 1. The molecule has 0 aliphatic heterocycles. The molecule has 0 spiro atoms. The van der Waals surface area contributed by atoms with Crippen LogP contribution in [0.25, 0.3) is 11.1 Å². The first-order valence-corrected chi connectivity index (χ1v) is 9.70. The fraction of sp³-hybridized carbons (Fsp3) is 0.294. The molecule has 0 unspecified atom stereocenters. The van der Waals surface area contributed by atoms with Crippen LogP contribution in [0.1, 0.15) is 19.4 Å². The minimum Gasteiger partial charge on any atom is -0.460 e. The number of sulfonamides is 1. The predicted molar refractivity (Wildman–Crippen MR) is 107 cm³/mol. The fourth-order valence-electron chi connectivity index (χ4n) is 2.14. The number of nitrogens with two attached hydrogens (primary N) is 2. The molecule has 2 aromatic rings. The molecule has 1 heterocycles. The van der Waals surface area contributed by atoms with Crippen molar-refractivity contribution in [3.05, 3.63) is 42.0 Å². The highest BCUT2D eigenvalue weighted by Crippen LogP contribution is 2.24. The number of hydrogen-bond donors (Lipinski definition) is 4. The van der Waals surface area contributed by atoms with Gasteiger partial charge in [-0.05, 0) is 0 Å². The molecule has 0 aliphatic carbocycles. The van der Waals surface area contributed by atoms with Gasteiger partial charge >= 0.3 is 5.97 Å². The van der Waals surface area contributed by atoms with Crippen LogP contribution in [0.4, 0.5) is 10.3 Å². The molecule has 6 N–H and O–H groups in total. The molecule has 0 atom stereocenters. The largest absolute Gasteiger partial charge is 0.460 e. The van der Waals surface area contributed by atoms with Crippen LogP contribution in [0.3, 0.4) is 0 Å². The highest BCUT2D eigenvalue weighted by molar-refractivity contribution is 7.89. The fourth-order valence-corrected chi connectivity index (χ4v) is 2.53. The third kappa shape index (κ3) is 7.79. The van der Waals surface area contributed by atoms with Crippen LogP contribution in [0, 0.1) is 11.2 Å². The Hall–Kier alpha value is -3.12. The van der Waals surface area contributed by atoms with E-state index in [2.05, 4.69) is 15.3 Å². The van der Waals surface area contributed by atoms with Gasteiger partial charge in [0.05, 0.1) is 5.75 Å². The van der Waals surface area contributed by atoms with E-state index in [1.165, 1.54) is 24.5 Å². The summed E-state index contributed by atoms with van der Waals surface area (Å²) in [5.41, 5.74) is 5.84. The van der Waals surface area contributed by atoms with E-state index in [1.54, 1.807) is 6.07 Å². The number of carbonyl (C=O) groups excluding carboxylic acids is 1. The van der Waals surface area contributed by atoms with Gasteiger partial charge in [-0.3, -0.25) is 10.2 Å². The van der Waals surface area contributed by atoms with Gasteiger partial charge in [0.25, 0.3) is 0 Å². The van der Waals surface area contributed by atoms with Crippen molar-refractivity contribution in [2.75, 3.05) is 17.6 Å². The Labute approximate surface area is 168 Å². The lowest BCUT2D eigenvalue weighted by atomic mass is 10.1. The van der Waals surface area contributed by atoms with Crippen LogP contribution in [0.5, 0.6) is 0 Å². The second kappa shape index (κ2) is 10.4. The van der Waals surface area contributed by atoms with Crippen molar-refractivity contribution in [1.82, 2.24) is 9.97 Å². The summed E-state index contributed by atoms with van der Waals surface area (Å²) in [7, 11) is -3.60. The lowest BCUT2D eigenvalue weighted by Gasteiger charge is -2.10. The van der Waals surface area contributed by atoms with Crippen molar-refractivity contribution < 1.29 is 22.3 Å². The van der Waals surface area contributed by atoms with Crippen LogP contribution >= 0.6 is 0 Å². The molecule has 1 aromatic carbocycles. The summed E-state index contributed by atoms with van der Waals surface area (Å²) in [6.45, 7) is -0.270. The zero-order chi connectivity index (χ0) is 20.7. The van der Waals surface area contributed by atoms with Gasteiger partial charge in [-0.1, -0.05) is 25.6 Å². The SMILES string of the molecule is C.N=C(N)CC(=O)OCc1cccc(-c2cnc(NCCS(N)(=O)=O)nc2)c1F. The molecule has 158 valence electrons. The van der Waals surface area contributed by atoms with Crippen LogP contribution < -0.4 is 16.2 Å². The number of primary sulfonamides is 1. The zero-order valence-corrected chi connectivity index (χ0v) is 15.5. The Morgan fingerprint density at radius 2 is 1.93 bits per heavy atom. The molecular formula is C17H23FN6O4S. The van der Waals surface area contributed by atoms with Gasteiger partial charge in [-0.2, -0.15) is 0 Å². The molecule has 10 nitrogen and oxygen atoms in total. The molecule has 29 heavy (non-hydrogen) atoms. The number of benzene rings is 1.